The molecule has 1 fully saturated rings. The first-order valence-electron chi connectivity index (χ1n) is 11.4. The van der Waals surface area contributed by atoms with Crippen LogP contribution < -0.4 is 19.3 Å². The highest BCUT2D eigenvalue weighted by Gasteiger charge is 2.47. The number of carbonyl (C=O) groups excluding carboxylic acids is 2. The maximum absolute atomic E-state index is 13.3. The van der Waals surface area contributed by atoms with E-state index in [4.69, 9.17) is 9.47 Å². The van der Waals surface area contributed by atoms with Crippen LogP contribution in [0.2, 0.25) is 0 Å². The van der Waals surface area contributed by atoms with E-state index in [1.165, 1.54) is 4.90 Å². The van der Waals surface area contributed by atoms with E-state index in [9.17, 15) is 14.7 Å². The fourth-order valence-corrected chi connectivity index (χ4v) is 4.48. The van der Waals surface area contributed by atoms with Gasteiger partial charge in [-0.25, -0.2) is 0 Å². The van der Waals surface area contributed by atoms with Crippen molar-refractivity contribution >= 4 is 28.8 Å². The summed E-state index contributed by atoms with van der Waals surface area (Å²) in [5.41, 5.74) is 2.37. The van der Waals surface area contributed by atoms with Gasteiger partial charge in [0, 0.05) is 30.7 Å². The lowest BCUT2D eigenvalue weighted by Gasteiger charge is -2.28. The minimum Gasteiger partial charge on any atom is -0.507 e. The molecule has 3 aromatic rings. The van der Waals surface area contributed by atoms with E-state index >= 15 is 0 Å². The first kappa shape index (κ1) is 22.5. The van der Waals surface area contributed by atoms with Crippen LogP contribution in [0.4, 0.5) is 11.4 Å². The van der Waals surface area contributed by atoms with Gasteiger partial charge in [0.25, 0.3) is 11.7 Å². The molecule has 1 aromatic heterocycles. The zero-order valence-electron chi connectivity index (χ0n) is 19.5. The molecule has 0 aliphatic carbocycles. The monoisotopic (exact) mass is 471 g/mol. The van der Waals surface area contributed by atoms with Gasteiger partial charge in [0.1, 0.15) is 23.9 Å². The van der Waals surface area contributed by atoms with E-state index in [0.717, 1.165) is 5.69 Å². The molecule has 35 heavy (non-hydrogen) atoms. The number of likely N-dealkylation sites (N-methyl/N-ethyl adjacent to an activating group) is 1. The molecule has 0 saturated carbocycles. The molecule has 2 aliphatic rings. The molecule has 178 valence electrons. The molecule has 2 aromatic carbocycles. The van der Waals surface area contributed by atoms with Gasteiger partial charge in [-0.3, -0.25) is 19.5 Å². The molecular formula is C27H25N3O5. The number of ether oxygens (including phenoxy) is 2. The zero-order chi connectivity index (χ0) is 24.5. The number of anilines is 2. The Morgan fingerprint density at radius 2 is 1.97 bits per heavy atom. The van der Waals surface area contributed by atoms with E-state index in [1.807, 2.05) is 18.9 Å². The van der Waals surface area contributed by atoms with Crippen LogP contribution in [0.5, 0.6) is 11.5 Å². The van der Waals surface area contributed by atoms with Gasteiger partial charge in [-0.1, -0.05) is 6.07 Å². The molecule has 0 spiro atoms. The highest BCUT2D eigenvalue weighted by Crippen LogP contribution is 2.43. The lowest BCUT2D eigenvalue weighted by molar-refractivity contribution is -0.132. The quantitative estimate of drug-likeness (QED) is 0.342. The summed E-state index contributed by atoms with van der Waals surface area (Å²) in [5.74, 6) is -0.358. The summed E-state index contributed by atoms with van der Waals surface area (Å²) in [6, 6.07) is 14.9. The Balaban J connectivity index is 1.64. The molecule has 8 heteroatoms. The molecule has 1 N–H and O–H groups in total. The van der Waals surface area contributed by atoms with Gasteiger partial charge in [0.2, 0.25) is 0 Å². The van der Waals surface area contributed by atoms with Crippen molar-refractivity contribution in [3.8, 4) is 11.5 Å². The number of hydrogen-bond acceptors (Lipinski definition) is 7. The summed E-state index contributed by atoms with van der Waals surface area (Å²) < 4.78 is 11.2. The highest BCUT2D eigenvalue weighted by atomic mass is 16.5. The third-order valence-corrected chi connectivity index (χ3v) is 6.20. The van der Waals surface area contributed by atoms with E-state index in [2.05, 4.69) is 4.98 Å². The van der Waals surface area contributed by atoms with Crippen molar-refractivity contribution in [2.75, 3.05) is 36.6 Å². The summed E-state index contributed by atoms with van der Waals surface area (Å²) in [7, 11) is 1.94. The Morgan fingerprint density at radius 3 is 2.69 bits per heavy atom. The van der Waals surface area contributed by atoms with E-state index < -0.39 is 17.7 Å². The van der Waals surface area contributed by atoms with Crippen molar-refractivity contribution in [3.63, 3.8) is 0 Å². The summed E-state index contributed by atoms with van der Waals surface area (Å²) in [5, 5.41) is 11.4. The third kappa shape index (κ3) is 3.97. The average molecular weight is 472 g/mol. The number of amides is 1. The Kier molecular flexibility index (Phi) is 5.86. The fraction of sp³-hybridized carbons (Fsp3) is 0.222. The van der Waals surface area contributed by atoms with Crippen molar-refractivity contribution < 1.29 is 24.2 Å². The predicted molar refractivity (Wildman–Crippen MR) is 132 cm³/mol. The first-order valence-corrected chi connectivity index (χ1v) is 11.4. The number of ketones is 1. The van der Waals surface area contributed by atoms with Crippen molar-refractivity contribution in [1.29, 1.82) is 0 Å². The number of rotatable bonds is 5. The molecule has 1 amide bonds. The molecule has 1 unspecified atom stereocenters. The molecule has 1 saturated heterocycles. The Labute approximate surface area is 203 Å². The Bertz CT molecular complexity index is 1300. The van der Waals surface area contributed by atoms with Gasteiger partial charge >= 0.3 is 0 Å². The molecule has 8 nitrogen and oxygen atoms in total. The summed E-state index contributed by atoms with van der Waals surface area (Å²) >= 11 is 0. The standard InChI is InChI=1S/C27H25N3O5/c1-3-34-20-9-7-19(8-10-20)30-24(18-5-4-12-28-16-18)23(26(32)27(30)33)25(31)17-6-11-22-21(15-17)29(2)13-14-35-22/h4-12,15-16,24,31H,3,13-14H2,1-2H3/b25-23-. The van der Waals surface area contributed by atoms with Crippen molar-refractivity contribution in [1.82, 2.24) is 4.98 Å². The van der Waals surface area contributed by atoms with Gasteiger partial charge < -0.3 is 19.5 Å². The molecule has 1 atom stereocenters. The number of carbonyl (C=O) groups is 2. The van der Waals surface area contributed by atoms with Crippen LogP contribution in [0.15, 0.2) is 72.6 Å². The van der Waals surface area contributed by atoms with Gasteiger partial charge in [-0.15, -0.1) is 0 Å². The zero-order valence-corrected chi connectivity index (χ0v) is 19.5. The SMILES string of the molecule is CCOc1ccc(N2C(=O)C(=O)/C(=C(\O)c3ccc4c(c3)N(C)CCO4)C2c2cccnc2)cc1. The van der Waals surface area contributed by atoms with Crippen molar-refractivity contribution in [2.45, 2.75) is 13.0 Å². The number of pyridine rings is 1. The van der Waals surface area contributed by atoms with Gasteiger partial charge in [0.05, 0.1) is 30.5 Å². The molecule has 0 radical (unpaired) electrons. The van der Waals surface area contributed by atoms with E-state index in [0.29, 0.717) is 48.1 Å². The summed E-state index contributed by atoms with van der Waals surface area (Å²) in [4.78, 5) is 34.2. The van der Waals surface area contributed by atoms with E-state index in [-0.39, 0.29) is 11.3 Å². The number of aromatic nitrogens is 1. The Morgan fingerprint density at radius 1 is 1.17 bits per heavy atom. The van der Waals surface area contributed by atoms with Crippen LogP contribution in [0, 0.1) is 0 Å². The Hall–Kier alpha value is -4.33. The number of nitrogens with zero attached hydrogens (tertiary/aromatic N) is 3. The van der Waals surface area contributed by atoms with Crippen LogP contribution in [-0.4, -0.2) is 48.6 Å². The topological polar surface area (TPSA) is 92.2 Å². The molecule has 0 bridgehead atoms. The minimum atomic E-state index is -0.841. The maximum atomic E-state index is 13.3. The number of benzene rings is 2. The molecular weight excluding hydrogens is 446 g/mol. The number of hydrogen-bond donors (Lipinski definition) is 1. The second-order valence-electron chi connectivity index (χ2n) is 8.33. The first-order chi connectivity index (χ1) is 17.0. The van der Waals surface area contributed by atoms with Crippen molar-refractivity contribution in [2.24, 2.45) is 0 Å². The summed E-state index contributed by atoms with van der Waals surface area (Å²) in [6.45, 7) is 3.68. The van der Waals surface area contributed by atoms with Crippen molar-refractivity contribution in [3.05, 3.63) is 83.7 Å². The second kappa shape index (κ2) is 9.13. The predicted octanol–water partition coefficient (Wildman–Crippen LogP) is 3.94. The van der Waals surface area contributed by atoms with E-state index in [1.54, 1.807) is 67.0 Å². The lowest BCUT2D eigenvalue weighted by Crippen LogP contribution is -2.29. The lowest BCUT2D eigenvalue weighted by atomic mass is 9.95. The fourth-order valence-electron chi connectivity index (χ4n) is 4.48. The van der Waals surface area contributed by atoms with Gasteiger partial charge in [0.15, 0.2) is 0 Å². The number of aliphatic hydroxyl groups is 1. The number of aliphatic hydroxyl groups excluding tert-OH is 1. The molecule has 5 rings (SSSR count). The van der Waals surface area contributed by atoms with Gasteiger partial charge in [-0.05, 0) is 61.0 Å². The van der Waals surface area contributed by atoms with Gasteiger partial charge in [-0.2, -0.15) is 0 Å². The maximum Gasteiger partial charge on any atom is 0.300 e. The number of Topliss-reactive ketones (excluding diaryl/α,β-unsaturated/α-hetero) is 1. The van der Waals surface area contributed by atoms with Crippen LogP contribution in [0.25, 0.3) is 5.76 Å². The molecule has 3 heterocycles. The third-order valence-electron chi connectivity index (χ3n) is 6.20. The molecule has 2 aliphatic heterocycles. The normalized spacial score (nSPS) is 18.9. The van der Waals surface area contributed by atoms with Crippen LogP contribution in [0.1, 0.15) is 24.1 Å². The van der Waals surface area contributed by atoms with Crippen LogP contribution >= 0.6 is 0 Å². The number of fused-ring (bicyclic) bond motifs is 1. The second-order valence-corrected chi connectivity index (χ2v) is 8.33. The average Bonchev–Trinajstić information content (AvgIpc) is 3.15. The largest absolute Gasteiger partial charge is 0.507 e. The highest BCUT2D eigenvalue weighted by molar-refractivity contribution is 6.51. The van der Waals surface area contributed by atoms with Crippen LogP contribution in [-0.2, 0) is 9.59 Å². The smallest absolute Gasteiger partial charge is 0.300 e. The van der Waals surface area contributed by atoms with Crippen LogP contribution in [0.3, 0.4) is 0 Å². The summed E-state index contributed by atoms with van der Waals surface area (Å²) in [6.07, 6.45) is 3.21. The minimum absolute atomic E-state index is 0.0104.